The highest BCUT2D eigenvalue weighted by atomic mass is 19.4. The molecule has 0 saturated carbocycles. The van der Waals surface area contributed by atoms with Crippen LogP contribution in [0.15, 0.2) is 30.6 Å². The van der Waals surface area contributed by atoms with Crippen LogP contribution >= 0.6 is 0 Å². The Labute approximate surface area is 111 Å². The van der Waals surface area contributed by atoms with Crippen LogP contribution in [0, 0.1) is 0 Å². The lowest BCUT2D eigenvalue weighted by Gasteiger charge is -2.08. The molecule has 1 aromatic heterocycles. The van der Waals surface area contributed by atoms with Crippen molar-refractivity contribution >= 4 is 5.91 Å². The first-order valence-corrected chi connectivity index (χ1v) is 5.59. The Morgan fingerprint density at radius 2 is 1.95 bits per heavy atom. The maximum Gasteiger partial charge on any atom is 0.416 e. The molecule has 1 heterocycles. The van der Waals surface area contributed by atoms with Gasteiger partial charge in [-0.1, -0.05) is 12.1 Å². The van der Waals surface area contributed by atoms with E-state index in [9.17, 15) is 18.0 Å². The fraction of sp³-hybridized carbons (Fsp3) is 0.273. The number of tetrazole rings is 1. The summed E-state index contributed by atoms with van der Waals surface area (Å²) < 4.78 is 38.3. The van der Waals surface area contributed by atoms with Crippen molar-refractivity contribution in [2.24, 2.45) is 0 Å². The van der Waals surface area contributed by atoms with Gasteiger partial charge in [0.1, 0.15) is 12.9 Å². The van der Waals surface area contributed by atoms with Crippen LogP contribution in [0.2, 0.25) is 0 Å². The van der Waals surface area contributed by atoms with Crippen molar-refractivity contribution in [3.8, 4) is 0 Å². The van der Waals surface area contributed by atoms with Crippen molar-refractivity contribution in [1.82, 2.24) is 25.5 Å². The van der Waals surface area contributed by atoms with Crippen LogP contribution in [-0.2, 0) is 24.1 Å². The molecule has 0 bridgehead atoms. The molecule has 0 aliphatic carbocycles. The number of alkyl halides is 3. The highest BCUT2D eigenvalue weighted by Crippen LogP contribution is 2.28. The first kappa shape index (κ1) is 14.0. The molecule has 20 heavy (non-hydrogen) atoms. The summed E-state index contributed by atoms with van der Waals surface area (Å²) in [5.74, 6) is -0.336. The predicted octanol–water partition coefficient (Wildman–Crippen LogP) is 1.01. The third-order valence-electron chi connectivity index (χ3n) is 2.47. The second-order valence-electron chi connectivity index (χ2n) is 3.98. The fourth-order valence-electron chi connectivity index (χ4n) is 1.47. The average Bonchev–Trinajstić information content (AvgIpc) is 2.88. The zero-order valence-corrected chi connectivity index (χ0v) is 10.1. The Kier molecular flexibility index (Phi) is 3.97. The van der Waals surface area contributed by atoms with Crippen molar-refractivity contribution in [3.05, 3.63) is 41.7 Å². The molecule has 9 heteroatoms. The highest BCUT2D eigenvalue weighted by molar-refractivity contribution is 5.75. The zero-order valence-electron chi connectivity index (χ0n) is 10.1. The molecule has 2 aromatic rings. The second kappa shape index (κ2) is 5.68. The number of nitrogens with one attached hydrogen (secondary N) is 1. The molecule has 0 fully saturated rings. The summed E-state index contributed by atoms with van der Waals surface area (Å²) in [6, 6.07) is 4.59. The molecule has 2 rings (SSSR count). The molecular weight excluding hydrogens is 275 g/mol. The SMILES string of the molecule is O=C(Cn1cnnn1)NCc1ccc(C(F)(F)F)cc1. The van der Waals surface area contributed by atoms with Crippen LogP contribution in [0.3, 0.4) is 0 Å². The summed E-state index contributed by atoms with van der Waals surface area (Å²) in [5.41, 5.74) is -0.149. The topological polar surface area (TPSA) is 72.7 Å². The molecule has 1 N–H and O–H groups in total. The molecule has 0 atom stereocenters. The Hall–Kier alpha value is -2.45. The molecule has 0 unspecified atom stereocenters. The molecule has 0 spiro atoms. The third-order valence-corrected chi connectivity index (χ3v) is 2.47. The number of hydrogen-bond acceptors (Lipinski definition) is 4. The highest BCUT2D eigenvalue weighted by Gasteiger charge is 2.29. The van der Waals surface area contributed by atoms with E-state index in [1.54, 1.807) is 0 Å². The Balaban J connectivity index is 1.86. The largest absolute Gasteiger partial charge is 0.416 e. The van der Waals surface area contributed by atoms with Gasteiger partial charge in [-0.25, -0.2) is 4.68 Å². The van der Waals surface area contributed by atoms with Gasteiger partial charge in [0, 0.05) is 6.54 Å². The van der Waals surface area contributed by atoms with E-state index in [4.69, 9.17) is 0 Å². The smallest absolute Gasteiger partial charge is 0.350 e. The zero-order chi connectivity index (χ0) is 14.6. The summed E-state index contributed by atoms with van der Waals surface area (Å²) in [4.78, 5) is 11.5. The van der Waals surface area contributed by atoms with Gasteiger partial charge in [-0.05, 0) is 28.1 Å². The number of hydrogen-bond donors (Lipinski definition) is 1. The van der Waals surface area contributed by atoms with Crippen molar-refractivity contribution < 1.29 is 18.0 Å². The lowest BCUT2D eigenvalue weighted by Crippen LogP contribution is -2.27. The van der Waals surface area contributed by atoms with E-state index in [2.05, 4.69) is 20.8 Å². The Morgan fingerprint density at radius 3 is 2.50 bits per heavy atom. The molecule has 0 aliphatic rings. The van der Waals surface area contributed by atoms with Gasteiger partial charge in [0.05, 0.1) is 5.56 Å². The minimum Gasteiger partial charge on any atom is -0.350 e. The lowest BCUT2D eigenvalue weighted by atomic mass is 10.1. The second-order valence-corrected chi connectivity index (χ2v) is 3.98. The van der Waals surface area contributed by atoms with Crippen LogP contribution in [0.1, 0.15) is 11.1 Å². The third kappa shape index (κ3) is 3.77. The molecule has 106 valence electrons. The summed E-state index contributed by atoms with van der Waals surface area (Å²) >= 11 is 0. The van der Waals surface area contributed by atoms with E-state index in [1.807, 2.05) is 0 Å². The standard InChI is InChI=1S/C11H10F3N5O/c12-11(13,14)9-3-1-8(2-4-9)5-15-10(20)6-19-7-16-17-18-19/h1-4,7H,5-6H2,(H,15,20). The number of nitrogens with zero attached hydrogens (tertiary/aromatic N) is 4. The number of benzene rings is 1. The molecule has 1 amide bonds. The van der Waals surface area contributed by atoms with Gasteiger partial charge >= 0.3 is 6.18 Å². The number of aromatic nitrogens is 4. The van der Waals surface area contributed by atoms with Gasteiger partial charge in [-0.3, -0.25) is 4.79 Å². The van der Waals surface area contributed by atoms with E-state index in [1.165, 1.54) is 23.1 Å². The van der Waals surface area contributed by atoms with Crippen LogP contribution < -0.4 is 5.32 Å². The number of rotatable bonds is 4. The van der Waals surface area contributed by atoms with E-state index in [-0.39, 0.29) is 19.0 Å². The van der Waals surface area contributed by atoms with Crippen molar-refractivity contribution in [2.75, 3.05) is 0 Å². The Morgan fingerprint density at radius 1 is 1.25 bits per heavy atom. The summed E-state index contributed by atoms with van der Waals surface area (Å²) in [5, 5.41) is 12.8. The van der Waals surface area contributed by atoms with Gasteiger partial charge in [-0.2, -0.15) is 13.2 Å². The molecule has 6 nitrogen and oxygen atoms in total. The first-order chi connectivity index (χ1) is 9.45. The molecular formula is C11H10F3N5O. The van der Waals surface area contributed by atoms with Gasteiger partial charge in [-0.15, -0.1) is 5.10 Å². The minimum absolute atomic E-state index is 0.0480. The minimum atomic E-state index is -4.36. The van der Waals surface area contributed by atoms with Crippen molar-refractivity contribution in [3.63, 3.8) is 0 Å². The molecule has 0 radical (unpaired) electrons. The maximum absolute atomic E-state index is 12.4. The lowest BCUT2D eigenvalue weighted by molar-refractivity contribution is -0.137. The molecule has 0 saturated heterocycles. The van der Waals surface area contributed by atoms with Crippen LogP contribution in [0.5, 0.6) is 0 Å². The van der Waals surface area contributed by atoms with Crippen molar-refractivity contribution in [2.45, 2.75) is 19.3 Å². The number of amides is 1. The molecule has 1 aromatic carbocycles. The van der Waals surface area contributed by atoms with E-state index >= 15 is 0 Å². The van der Waals surface area contributed by atoms with Crippen LogP contribution in [0.4, 0.5) is 13.2 Å². The van der Waals surface area contributed by atoms with Gasteiger partial charge in [0.15, 0.2) is 0 Å². The summed E-state index contributed by atoms with van der Waals surface area (Å²) in [6.07, 6.45) is -3.07. The summed E-state index contributed by atoms with van der Waals surface area (Å²) in [6.45, 7) is 0.0900. The number of carbonyl (C=O) groups excluding carboxylic acids is 1. The quantitative estimate of drug-likeness (QED) is 0.910. The fourth-order valence-corrected chi connectivity index (χ4v) is 1.47. The summed E-state index contributed by atoms with van der Waals surface area (Å²) in [7, 11) is 0. The van der Waals surface area contributed by atoms with Gasteiger partial charge in [0.25, 0.3) is 0 Å². The number of carbonyl (C=O) groups is 1. The average molecular weight is 285 g/mol. The normalized spacial score (nSPS) is 11.3. The Bertz CT molecular complexity index is 565. The van der Waals surface area contributed by atoms with Gasteiger partial charge < -0.3 is 5.32 Å². The van der Waals surface area contributed by atoms with Crippen molar-refractivity contribution in [1.29, 1.82) is 0 Å². The monoisotopic (exact) mass is 285 g/mol. The number of halogens is 3. The van der Waals surface area contributed by atoms with Crippen LogP contribution in [-0.4, -0.2) is 26.1 Å². The maximum atomic E-state index is 12.4. The van der Waals surface area contributed by atoms with E-state index in [0.29, 0.717) is 5.56 Å². The van der Waals surface area contributed by atoms with E-state index < -0.39 is 11.7 Å². The first-order valence-electron chi connectivity index (χ1n) is 5.59. The van der Waals surface area contributed by atoms with Gasteiger partial charge in [0.2, 0.25) is 5.91 Å². The van der Waals surface area contributed by atoms with Crippen LogP contribution in [0.25, 0.3) is 0 Å². The molecule has 0 aliphatic heterocycles. The van der Waals surface area contributed by atoms with E-state index in [0.717, 1.165) is 12.1 Å². The predicted molar refractivity (Wildman–Crippen MR) is 61.1 cm³/mol.